The van der Waals surface area contributed by atoms with Crippen molar-refractivity contribution in [1.29, 1.82) is 0 Å². The van der Waals surface area contributed by atoms with Gasteiger partial charge in [0.25, 0.3) is 5.91 Å². The van der Waals surface area contributed by atoms with Gasteiger partial charge in [0.2, 0.25) is 0 Å². The van der Waals surface area contributed by atoms with Crippen LogP contribution in [0.4, 0.5) is 4.79 Å². The Balaban J connectivity index is 0.00000470. The zero-order valence-electron chi connectivity index (χ0n) is 22.8. The van der Waals surface area contributed by atoms with E-state index in [4.69, 9.17) is 23.7 Å². The molecular weight excluding hydrogens is 622 g/mol. The monoisotopic (exact) mass is 656 g/mol. The van der Waals surface area contributed by atoms with Crippen LogP contribution in [0.3, 0.4) is 0 Å². The van der Waals surface area contributed by atoms with Crippen LogP contribution in [-0.4, -0.2) is 81.0 Å². The van der Waals surface area contributed by atoms with Gasteiger partial charge < -0.3 is 39.2 Å². The average Bonchev–Trinajstić information content (AvgIpc) is 2.92. The number of aliphatic hydroxyl groups excluding tert-OH is 1. The molecule has 0 saturated heterocycles. The molecule has 1 aromatic carbocycles. The van der Waals surface area contributed by atoms with E-state index in [9.17, 15) is 19.2 Å². The molecule has 0 aliphatic rings. The van der Waals surface area contributed by atoms with E-state index in [1.165, 1.54) is 27.7 Å². The van der Waals surface area contributed by atoms with Gasteiger partial charge in [-0.15, -0.1) is 0 Å². The number of hydrogen-bond acceptors (Lipinski definition) is 11. The first-order chi connectivity index (χ1) is 18.5. The molecule has 2 aromatic rings. The van der Waals surface area contributed by atoms with Gasteiger partial charge in [-0.05, 0) is 31.2 Å². The topological polar surface area (TPSA) is 153 Å². The summed E-state index contributed by atoms with van der Waals surface area (Å²) in [5.41, 5.74) is -0.191. The van der Waals surface area contributed by atoms with E-state index < -0.39 is 17.6 Å². The van der Waals surface area contributed by atoms with Crippen molar-refractivity contribution in [3.63, 3.8) is 0 Å². The van der Waals surface area contributed by atoms with Gasteiger partial charge in [-0.1, -0.05) is 42.4 Å². The molecule has 0 saturated carbocycles. The molecule has 3 N–H and O–H groups in total. The summed E-state index contributed by atoms with van der Waals surface area (Å²) in [5.74, 6) is 0.929. The SMILES string of the molecule is CC.CCc1c(OC(=O)NCCSSCCO)ccc2cc(C(=O)NCCOCCOC[C-]=O)c(=O)oc12.[Rb+]. The Labute approximate surface area is 285 Å². The summed E-state index contributed by atoms with van der Waals surface area (Å²) in [4.78, 5) is 47.1. The second kappa shape index (κ2) is 23.9. The number of hydrogen-bond donors (Lipinski definition) is 3. The van der Waals surface area contributed by atoms with E-state index in [0.717, 1.165) is 0 Å². The van der Waals surface area contributed by atoms with Gasteiger partial charge in [0.1, 0.15) is 16.9 Å². The smallest absolute Gasteiger partial charge is 0.540 e. The fraction of sp³-hybridized carbons (Fsp3) is 0.520. The third kappa shape index (κ3) is 14.6. The van der Waals surface area contributed by atoms with Crippen LogP contribution in [0, 0.1) is 0 Å². The Morgan fingerprint density at radius 2 is 1.77 bits per heavy atom. The van der Waals surface area contributed by atoms with Gasteiger partial charge in [-0.25, -0.2) is 15.9 Å². The number of carbonyl (C=O) groups is 2. The molecule has 1 aromatic heterocycles. The van der Waals surface area contributed by atoms with E-state index >= 15 is 0 Å². The van der Waals surface area contributed by atoms with E-state index in [1.54, 1.807) is 18.4 Å². The molecule has 11 nitrogen and oxygen atoms in total. The third-order valence-corrected chi connectivity index (χ3v) is 6.93. The molecule has 0 spiro atoms. The first-order valence-corrected chi connectivity index (χ1v) is 14.7. The fourth-order valence-corrected chi connectivity index (χ4v) is 4.64. The average molecular weight is 657 g/mol. The molecule has 0 fully saturated rings. The number of rotatable bonds is 17. The molecule has 212 valence electrons. The Hall–Kier alpha value is -0.775. The fourth-order valence-electron chi connectivity index (χ4n) is 2.96. The molecule has 14 heteroatoms. The van der Waals surface area contributed by atoms with Crippen LogP contribution in [0.15, 0.2) is 27.4 Å². The molecular formula is C25H35N2O9RbS2. The zero-order chi connectivity index (χ0) is 28.2. The van der Waals surface area contributed by atoms with E-state index in [1.807, 2.05) is 20.8 Å². The van der Waals surface area contributed by atoms with Crippen molar-refractivity contribution in [3.8, 4) is 5.75 Å². The first-order valence-electron chi connectivity index (χ1n) is 12.2. The minimum Gasteiger partial charge on any atom is -0.540 e. The number of benzene rings is 1. The molecule has 0 bridgehead atoms. The second-order valence-corrected chi connectivity index (χ2v) is 9.71. The van der Waals surface area contributed by atoms with Crippen molar-refractivity contribution in [1.82, 2.24) is 10.6 Å². The molecule has 0 aliphatic heterocycles. The van der Waals surface area contributed by atoms with E-state index in [2.05, 4.69) is 10.6 Å². The van der Waals surface area contributed by atoms with Crippen LogP contribution in [0.2, 0.25) is 0 Å². The van der Waals surface area contributed by atoms with Gasteiger partial charge in [-0.3, -0.25) is 4.79 Å². The van der Waals surface area contributed by atoms with Crippen molar-refractivity contribution >= 4 is 50.8 Å². The molecule has 0 aliphatic carbocycles. The van der Waals surface area contributed by atoms with E-state index in [-0.39, 0.29) is 115 Å². The van der Waals surface area contributed by atoms with Crippen LogP contribution >= 0.6 is 21.6 Å². The normalized spacial score (nSPS) is 10.2. The minimum atomic E-state index is -0.812. The number of nitrogens with one attached hydrogen (secondary N) is 2. The molecule has 2 rings (SSSR count). The summed E-state index contributed by atoms with van der Waals surface area (Å²) in [5, 5.41) is 14.5. The van der Waals surface area contributed by atoms with Crippen molar-refractivity contribution < 1.29 is 96.3 Å². The summed E-state index contributed by atoms with van der Waals surface area (Å²) in [6, 6.07) is 4.63. The predicted octanol–water partition coefficient (Wildman–Crippen LogP) is -0.280. The number of aliphatic hydroxyl groups is 1. The standard InChI is InChI=1S/C23H29N2O9S2.C2H6.Rb/c1-2-17-19(33-23(30)25-6-13-35-36-14-8-27)4-3-16-15-18(22(29)34-20(16)17)21(28)24-5-9-31-11-12-32-10-7-26;1-2;/h3-4,15,27H,2,5-6,8-14H2,1H3,(H,24,28)(H,25,30);1-2H3;/q-1;;+1. The number of carbonyl (C=O) groups excluding carboxylic acids is 3. The quantitative estimate of drug-likeness (QED) is 0.0892. The van der Waals surface area contributed by atoms with Crippen molar-refractivity contribution in [2.45, 2.75) is 27.2 Å². The van der Waals surface area contributed by atoms with Gasteiger partial charge in [0, 0.05) is 35.5 Å². The third-order valence-electron chi connectivity index (χ3n) is 4.54. The summed E-state index contributed by atoms with van der Waals surface area (Å²) in [6.45, 7) is 7.04. The maximum Gasteiger partial charge on any atom is 1.00 e. The summed E-state index contributed by atoms with van der Waals surface area (Å²) in [7, 11) is 3.04. The predicted molar refractivity (Wildman–Crippen MR) is 149 cm³/mol. The number of ether oxygens (including phenoxy) is 3. The molecule has 0 radical (unpaired) electrons. The van der Waals surface area contributed by atoms with Gasteiger partial charge in [-0.2, -0.15) is 0 Å². The van der Waals surface area contributed by atoms with Crippen molar-refractivity contribution in [2.75, 3.05) is 57.6 Å². The second-order valence-electron chi connectivity index (χ2n) is 7.01. The summed E-state index contributed by atoms with van der Waals surface area (Å²) in [6.07, 6.45) is 1.39. The Morgan fingerprint density at radius 3 is 2.46 bits per heavy atom. The Bertz CT molecular complexity index is 1070. The molecule has 0 atom stereocenters. The maximum absolute atomic E-state index is 12.5. The Kier molecular flexibility index (Phi) is 23.4. The van der Waals surface area contributed by atoms with Crippen LogP contribution in [-0.2, 0) is 20.7 Å². The Morgan fingerprint density at radius 1 is 1.05 bits per heavy atom. The first kappa shape index (κ1) is 38.2. The molecule has 2 amide bonds. The van der Waals surface area contributed by atoms with Gasteiger partial charge >= 0.3 is 69.9 Å². The molecule has 0 unspecified atom stereocenters. The number of amides is 2. The maximum atomic E-state index is 12.5. The van der Waals surface area contributed by atoms with Crippen LogP contribution in [0.5, 0.6) is 5.75 Å². The van der Waals surface area contributed by atoms with Crippen LogP contribution < -0.4 is 79.2 Å². The largest absolute Gasteiger partial charge is 1.00 e. The summed E-state index contributed by atoms with van der Waals surface area (Å²) < 4.78 is 21.0. The number of fused-ring (bicyclic) bond motifs is 1. The number of aryl methyl sites for hydroxylation is 1. The minimum absolute atomic E-state index is 0. The molecule has 39 heavy (non-hydrogen) atoms. The summed E-state index contributed by atoms with van der Waals surface area (Å²) >= 11 is 0. The molecule has 1 heterocycles. The van der Waals surface area contributed by atoms with Crippen LogP contribution in [0.25, 0.3) is 11.0 Å². The van der Waals surface area contributed by atoms with Crippen LogP contribution in [0.1, 0.15) is 36.7 Å². The van der Waals surface area contributed by atoms with Gasteiger partial charge in [0.15, 0.2) is 0 Å². The zero-order valence-corrected chi connectivity index (χ0v) is 29.4. The van der Waals surface area contributed by atoms with Crippen molar-refractivity contribution in [2.24, 2.45) is 0 Å². The van der Waals surface area contributed by atoms with Gasteiger partial charge in [0.05, 0.1) is 26.4 Å². The van der Waals surface area contributed by atoms with E-state index in [0.29, 0.717) is 35.4 Å². The van der Waals surface area contributed by atoms with Crippen molar-refractivity contribution in [3.05, 3.63) is 39.7 Å².